The second kappa shape index (κ2) is 6.09. The standard InChI is InChI=1S/C17H28N2OS/c1-7-11(2)14-16(20)19(12(3)17(4,5)6)15(18-14)13-9-8-10-21-13/h8-12,14-15,18H,7H2,1-6H3. The molecule has 1 aromatic heterocycles. The first-order valence-corrected chi connectivity index (χ1v) is 8.77. The van der Waals surface area contributed by atoms with Crippen LogP contribution in [0.25, 0.3) is 0 Å². The van der Waals surface area contributed by atoms with Gasteiger partial charge in [0.2, 0.25) is 5.91 Å². The number of nitrogens with zero attached hydrogens (tertiary/aromatic N) is 1. The van der Waals surface area contributed by atoms with Gasteiger partial charge in [-0.2, -0.15) is 0 Å². The van der Waals surface area contributed by atoms with Gasteiger partial charge in [-0.05, 0) is 29.7 Å². The van der Waals surface area contributed by atoms with E-state index in [1.165, 1.54) is 4.88 Å². The maximum Gasteiger partial charge on any atom is 0.241 e. The second-order valence-corrected chi connectivity index (χ2v) is 8.21. The van der Waals surface area contributed by atoms with Crippen molar-refractivity contribution >= 4 is 17.2 Å². The van der Waals surface area contributed by atoms with E-state index in [-0.39, 0.29) is 29.6 Å². The molecular formula is C17H28N2OS. The number of amides is 1. The molecular weight excluding hydrogens is 280 g/mol. The maximum atomic E-state index is 13.0. The van der Waals surface area contributed by atoms with Gasteiger partial charge in [0.25, 0.3) is 0 Å². The normalized spacial score (nSPS) is 26.2. The molecule has 118 valence electrons. The summed E-state index contributed by atoms with van der Waals surface area (Å²) >= 11 is 1.72. The average Bonchev–Trinajstić information content (AvgIpc) is 3.03. The molecule has 2 heterocycles. The number of nitrogens with one attached hydrogen (secondary N) is 1. The molecule has 1 aliphatic heterocycles. The van der Waals surface area contributed by atoms with Crippen LogP contribution in [0.5, 0.6) is 0 Å². The van der Waals surface area contributed by atoms with Crippen molar-refractivity contribution < 1.29 is 4.79 Å². The van der Waals surface area contributed by atoms with Gasteiger partial charge in [0.15, 0.2) is 0 Å². The summed E-state index contributed by atoms with van der Waals surface area (Å²) in [6.07, 6.45) is 1.03. The van der Waals surface area contributed by atoms with Crippen LogP contribution in [0.4, 0.5) is 0 Å². The monoisotopic (exact) mass is 308 g/mol. The molecule has 0 bridgehead atoms. The van der Waals surface area contributed by atoms with E-state index < -0.39 is 0 Å². The Bertz CT molecular complexity index is 477. The van der Waals surface area contributed by atoms with Gasteiger partial charge in [-0.3, -0.25) is 10.1 Å². The molecule has 0 aliphatic carbocycles. The number of rotatable bonds is 4. The van der Waals surface area contributed by atoms with E-state index in [1.807, 2.05) is 0 Å². The Morgan fingerprint density at radius 1 is 1.38 bits per heavy atom. The minimum atomic E-state index is -0.0631. The second-order valence-electron chi connectivity index (χ2n) is 7.24. The largest absolute Gasteiger partial charge is 0.317 e. The third-order valence-electron chi connectivity index (χ3n) is 4.83. The van der Waals surface area contributed by atoms with Crippen molar-refractivity contribution in [1.29, 1.82) is 0 Å². The molecule has 0 saturated carbocycles. The van der Waals surface area contributed by atoms with Crippen molar-refractivity contribution in [2.75, 3.05) is 0 Å². The van der Waals surface area contributed by atoms with Crippen LogP contribution in [0.15, 0.2) is 17.5 Å². The maximum absolute atomic E-state index is 13.0. The molecule has 4 heteroatoms. The van der Waals surface area contributed by atoms with Gasteiger partial charge < -0.3 is 4.90 Å². The fraction of sp³-hybridized carbons (Fsp3) is 0.706. The number of thiophene rings is 1. The highest BCUT2D eigenvalue weighted by atomic mass is 32.1. The Morgan fingerprint density at radius 2 is 2.05 bits per heavy atom. The minimum Gasteiger partial charge on any atom is -0.317 e. The lowest BCUT2D eigenvalue weighted by Gasteiger charge is -2.38. The molecule has 0 spiro atoms. The van der Waals surface area contributed by atoms with Crippen LogP contribution in [0.1, 0.15) is 59.0 Å². The summed E-state index contributed by atoms with van der Waals surface area (Å²) < 4.78 is 0. The van der Waals surface area contributed by atoms with Crippen LogP contribution in [0.2, 0.25) is 0 Å². The SMILES string of the molecule is CCC(C)C1NC(c2cccs2)N(C(C)C(C)(C)C)C1=O. The third-order valence-corrected chi connectivity index (χ3v) is 5.76. The first-order chi connectivity index (χ1) is 9.77. The highest BCUT2D eigenvalue weighted by Gasteiger charge is 2.46. The zero-order valence-electron chi connectivity index (χ0n) is 14.0. The molecule has 4 atom stereocenters. The van der Waals surface area contributed by atoms with Crippen molar-refractivity contribution in [3.63, 3.8) is 0 Å². The van der Waals surface area contributed by atoms with Gasteiger partial charge in [0, 0.05) is 10.9 Å². The van der Waals surface area contributed by atoms with E-state index >= 15 is 0 Å². The summed E-state index contributed by atoms with van der Waals surface area (Å²) in [7, 11) is 0. The molecule has 1 aromatic rings. The summed E-state index contributed by atoms with van der Waals surface area (Å²) in [6, 6.07) is 4.31. The quantitative estimate of drug-likeness (QED) is 0.911. The lowest BCUT2D eigenvalue weighted by atomic mass is 9.86. The molecule has 21 heavy (non-hydrogen) atoms. The molecule has 2 rings (SSSR count). The first-order valence-electron chi connectivity index (χ1n) is 7.89. The molecule has 0 radical (unpaired) electrons. The van der Waals surface area contributed by atoms with Crippen molar-refractivity contribution in [3.8, 4) is 0 Å². The summed E-state index contributed by atoms with van der Waals surface area (Å²) in [5.74, 6) is 0.613. The van der Waals surface area contributed by atoms with Crippen LogP contribution in [0.3, 0.4) is 0 Å². The number of carbonyl (C=O) groups excluding carboxylic acids is 1. The summed E-state index contributed by atoms with van der Waals surface area (Å²) in [5, 5.41) is 5.67. The molecule has 1 saturated heterocycles. The molecule has 1 N–H and O–H groups in total. The fourth-order valence-electron chi connectivity index (χ4n) is 2.75. The minimum absolute atomic E-state index is 0.0192. The van der Waals surface area contributed by atoms with E-state index in [9.17, 15) is 4.79 Å². The Morgan fingerprint density at radius 3 is 2.52 bits per heavy atom. The molecule has 1 aliphatic rings. The number of hydrogen-bond acceptors (Lipinski definition) is 3. The Kier molecular flexibility index (Phi) is 4.79. The van der Waals surface area contributed by atoms with E-state index in [4.69, 9.17) is 0 Å². The average molecular weight is 308 g/mol. The van der Waals surface area contributed by atoms with Gasteiger partial charge in [-0.1, -0.05) is 47.1 Å². The van der Waals surface area contributed by atoms with Gasteiger partial charge in [-0.15, -0.1) is 11.3 Å². The smallest absolute Gasteiger partial charge is 0.241 e. The van der Waals surface area contributed by atoms with E-state index in [0.29, 0.717) is 5.92 Å². The fourth-order valence-corrected chi connectivity index (χ4v) is 3.53. The molecule has 4 unspecified atom stereocenters. The van der Waals surface area contributed by atoms with Crippen LogP contribution >= 0.6 is 11.3 Å². The molecule has 0 aromatic carbocycles. The van der Waals surface area contributed by atoms with Gasteiger partial charge in [0.1, 0.15) is 6.17 Å². The Balaban J connectivity index is 2.35. The lowest BCUT2D eigenvalue weighted by Crippen LogP contribution is -2.45. The molecule has 1 amide bonds. The summed E-state index contributed by atoms with van der Waals surface area (Å²) in [6.45, 7) is 13.1. The van der Waals surface area contributed by atoms with Crippen LogP contribution < -0.4 is 5.32 Å². The number of hydrogen-bond donors (Lipinski definition) is 1. The van der Waals surface area contributed by atoms with Crippen LogP contribution in [0, 0.1) is 11.3 Å². The van der Waals surface area contributed by atoms with E-state index in [2.05, 4.69) is 69.3 Å². The van der Waals surface area contributed by atoms with Crippen molar-refractivity contribution in [2.24, 2.45) is 11.3 Å². The zero-order valence-corrected chi connectivity index (χ0v) is 14.8. The van der Waals surface area contributed by atoms with Crippen molar-refractivity contribution in [3.05, 3.63) is 22.4 Å². The highest BCUT2D eigenvalue weighted by Crippen LogP contribution is 2.37. The van der Waals surface area contributed by atoms with Gasteiger partial charge in [0.05, 0.1) is 6.04 Å². The van der Waals surface area contributed by atoms with E-state index in [1.54, 1.807) is 11.3 Å². The van der Waals surface area contributed by atoms with Crippen molar-refractivity contribution in [2.45, 2.75) is 66.2 Å². The predicted octanol–water partition coefficient (Wildman–Crippen LogP) is 4.03. The van der Waals surface area contributed by atoms with Crippen LogP contribution in [-0.4, -0.2) is 22.9 Å². The van der Waals surface area contributed by atoms with Crippen molar-refractivity contribution in [1.82, 2.24) is 10.2 Å². The molecule has 1 fully saturated rings. The summed E-state index contributed by atoms with van der Waals surface area (Å²) in [5.41, 5.74) is 0.0667. The molecule has 3 nitrogen and oxygen atoms in total. The summed E-state index contributed by atoms with van der Waals surface area (Å²) in [4.78, 5) is 16.3. The van der Waals surface area contributed by atoms with Gasteiger partial charge >= 0.3 is 0 Å². The Hall–Kier alpha value is -0.870. The predicted molar refractivity (Wildman–Crippen MR) is 89.2 cm³/mol. The topological polar surface area (TPSA) is 32.3 Å². The highest BCUT2D eigenvalue weighted by molar-refractivity contribution is 7.10. The van der Waals surface area contributed by atoms with Gasteiger partial charge in [-0.25, -0.2) is 0 Å². The zero-order chi connectivity index (χ0) is 15.8. The van der Waals surface area contributed by atoms with Crippen LogP contribution in [-0.2, 0) is 4.79 Å². The third kappa shape index (κ3) is 3.16. The number of carbonyl (C=O) groups is 1. The lowest BCUT2D eigenvalue weighted by molar-refractivity contribution is -0.135. The first kappa shape index (κ1) is 16.5. The van der Waals surface area contributed by atoms with E-state index in [0.717, 1.165) is 6.42 Å². The Labute approximate surface area is 132 Å².